The van der Waals surface area contributed by atoms with E-state index in [1.807, 2.05) is 0 Å². The summed E-state index contributed by atoms with van der Waals surface area (Å²) in [6.07, 6.45) is 4.23. The number of aromatic nitrogens is 1. The molecule has 0 bridgehead atoms. The Labute approximate surface area is 114 Å². The first-order valence-corrected chi connectivity index (χ1v) is 7.57. The van der Waals surface area contributed by atoms with Crippen LogP contribution in [0.4, 0.5) is 0 Å². The quantitative estimate of drug-likeness (QED) is 0.628. The van der Waals surface area contributed by atoms with Crippen LogP contribution in [0.5, 0.6) is 0 Å². The Hall–Kier alpha value is -1.45. The Balaban J connectivity index is 2.04. The van der Waals surface area contributed by atoms with E-state index in [2.05, 4.69) is 55.0 Å². The molecule has 2 heterocycles. The van der Waals surface area contributed by atoms with Gasteiger partial charge in [0.05, 0.1) is 10.2 Å². The second kappa shape index (κ2) is 4.67. The van der Waals surface area contributed by atoms with Crippen molar-refractivity contribution in [2.75, 3.05) is 0 Å². The van der Waals surface area contributed by atoms with Gasteiger partial charge in [0.15, 0.2) is 0 Å². The molecule has 0 aliphatic carbocycles. The zero-order valence-corrected chi connectivity index (χ0v) is 11.9. The highest BCUT2D eigenvalue weighted by atomic mass is 32.1. The summed E-state index contributed by atoms with van der Waals surface area (Å²) in [5, 5.41) is 5.31. The van der Waals surface area contributed by atoms with Crippen LogP contribution in [0.2, 0.25) is 0 Å². The van der Waals surface area contributed by atoms with Crippen molar-refractivity contribution in [2.45, 2.75) is 13.8 Å². The third kappa shape index (κ3) is 2.11. The summed E-state index contributed by atoms with van der Waals surface area (Å²) in [5.41, 5.74) is 4.95. The van der Waals surface area contributed by atoms with Crippen molar-refractivity contribution in [3.05, 3.63) is 50.7 Å². The van der Waals surface area contributed by atoms with Crippen LogP contribution in [0.25, 0.3) is 22.4 Å². The largest absolute Gasteiger partial charge is 0.236 e. The number of fused-ring (bicyclic) bond motifs is 1. The van der Waals surface area contributed by atoms with Gasteiger partial charge in [-0.1, -0.05) is 18.2 Å². The number of thiophene rings is 1. The predicted molar refractivity (Wildman–Crippen MR) is 82.3 cm³/mol. The van der Waals surface area contributed by atoms with Gasteiger partial charge in [0.2, 0.25) is 0 Å². The highest BCUT2D eigenvalue weighted by molar-refractivity contribution is 7.19. The molecule has 3 aromatic rings. The Morgan fingerprint density at radius 3 is 2.61 bits per heavy atom. The minimum atomic E-state index is 1.08. The second-order valence-corrected chi connectivity index (χ2v) is 6.13. The van der Waals surface area contributed by atoms with E-state index >= 15 is 0 Å². The highest BCUT2D eigenvalue weighted by Gasteiger charge is 2.06. The molecule has 3 heteroatoms. The first kappa shape index (κ1) is 11.6. The van der Waals surface area contributed by atoms with Crippen LogP contribution in [0.1, 0.15) is 21.7 Å². The fraction of sp³-hybridized carbons (Fsp3) is 0.133. The molecule has 0 N–H and O–H groups in total. The van der Waals surface area contributed by atoms with E-state index in [1.165, 1.54) is 21.4 Å². The number of thiazole rings is 1. The van der Waals surface area contributed by atoms with Gasteiger partial charge in [-0.15, -0.1) is 11.3 Å². The fourth-order valence-electron chi connectivity index (χ4n) is 1.88. The topological polar surface area (TPSA) is 12.9 Å². The Bertz CT molecular complexity index is 667. The number of rotatable bonds is 2. The third-order valence-corrected chi connectivity index (χ3v) is 4.78. The molecular formula is C15H13NS2. The number of benzene rings is 1. The summed E-state index contributed by atoms with van der Waals surface area (Å²) in [6.45, 7) is 4.26. The lowest BCUT2D eigenvalue weighted by Gasteiger charge is -1.96. The molecular weight excluding hydrogens is 258 g/mol. The van der Waals surface area contributed by atoms with Crippen molar-refractivity contribution in [2.24, 2.45) is 0 Å². The van der Waals surface area contributed by atoms with E-state index in [9.17, 15) is 0 Å². The maximum atomic E-state index is 4.71. The van der Waals surface area contributed by atoms with E-state index in [1.54, 1.807) is 22.7 Å². The first-order valence-electron chi connectivity index (χ1n) is 5.81. The average molecular weight is 271 g/mol. The number of hydrogen-bond acceptors (Lipinski definition) is 3. The molecule has 18 heavy (non-hydrogen) atoms. The van der Waals surface area contributed by atoms with Gasteiger partial charge in [-0.3, -0.25) is 0 Å². The summed E-state index contributed by atoms with van der Waals surface area (Å²) in [6, 6.07) is 6.43. The van der Waals surface area contributed by atoms with E-state index in [4.69, 9.17) is 4.98 Å². The number of hydrogen-bond donors (Lipinski definition) is 0. The van der Waals surface area contributed by atoms with Crippen LogP contribution >= 0.6 is 22.7 Å². The van der Waals surface area contributed by atoms with Crippen LogP contribution in [0.3, 0.4) is 0 Å². The van der Waals surface area contributed by atoms with Crippen molar-refractivity contribution in [3.8, 4) is 0 Å². The molecule has 0 aliphatic rings. The Kier molecular flexibility index (Phi) is 3.02. The Morgan fingerprint density at radius 1 is 1.06 bits per heavy atom. The molecule has 0 saturated heterocycles. The van der Waals surface area contributed by atoms with Gasteiger partial charge in [-0.2, -0.15) is 11.3 Å². The highest BCUT2D eigenvalue weighted by Crippen LogP contribution is 2.29. The molecule has 2 aromatic heterocycles. The normalized spacial score (nSPS) is 11.7. The van der Waals surface area contributed by atoms with Crippen LogP contribution in [0, 0.1) is 13.8 Å². The Morgan fingerprint density at radius 2 is 1.89 bits per heavy atom. The summed E-state index contributed by atoms with van der Waals surface area (Å²) in [4.78, 5) is 4.71. The number of nitrogens with zero attached hydrogens (tertiary/aromatic N) is 1. The van der Waals surface area contributed by atoms with E-state index in [-0.39, 0.29) is 0 Å². The van der Waals surface area contributed by atoms with Crippen LogP contribution < -0.4 is 0 Å². The molecule has 0 radical (unpaired) electrons. The van der Waals surface area contributed by atoms with Gasteiger partial charge in [0.25, 0.3) is 0 Å². The van der Waals surface area contributed by atoms with Crippen LogP contribution in [0.15, 0.2) is 29.0 Å². The van der Waals surface area contributed by atoms with Gasteiger partial charge in [-0.25, -0.2) is 4.98 Å². The zero-order valence-electron chi connectivity index (χ0n) is 10.3. The zero-order chi connectivity index (χ0) is 12.5. The summed E-state index contributed by atoms with van der Waals surface area (Å²) in [7, 11) is 0. The molecule has 1 nitrogen and oxygen atoms in total. The molecule has 0 amide bonds. The molecule has 1 aromatic carbocycles. The van der Waals surface area contributed by atoms with E-state index < -0.39 is 0 Å². The van der Waals surface area contributed by atoms with Crippen molar-refractivity contribution in [1.82, 2.24) is 4.98 Å². The monoisotopic (exact) mass is 271 g/mol. The molecule has 90 valence electrons. The van der Waals surface area contributed by atoms with Crippen molar-refractivity contribution < 1.29 is 0 Å². The van der Waals surface area contributed by atoms with Crippen LogP contribution in [-0.2, 0) is 0 Å². The lowest BCUT2D eigenvalue weighted by Crippen LogP contribution is -1.78. The maximum absolute atomic E-state index is 4.71. The second-order valence-electron chi connectivity index (χ2n) is 4.32. The van der Waals surface area contributed by atoms with E-state index in [0.29, 0.717) is 0 Å². The maximum Gasteiger partial charge on any atom is 0.117 e. The standard InChI is InChI=1S/C15H13NS2/c1-10-3-4-11(2)15-14(10)16-13(18-15)6-5-12-7-8-17-9-12/h3-9H,1-2H3/b6-5+. The summed E-state index contributed by atoms with van der Waals surface area (Å²) >= 11 is 3.48. The molecule has 3 rings (SSSR count). The van der Waals surface area contributed by atoms with Gasteiger partial charge in [0, 0.05) is 0 Å². The fourth-order valence-corrected chi connectivity index (χ4v) is 3.53. The minimum absolute atomic E-state index is 1.08. The molecule has 0 fully saturated rings. The molecule has 0 spiro atoms. The van der Waals surface area contributed by atoms with Crippen molar-refractivity contribution >= 4 is 45.0 Å². The van der Waals surface area contributed by atoms with E-state index in [0.717, 1.165) is 10.5 Å². The number of aryl methyl sites for hydroxylation is 2. The molecule has 0 saturated carbocycles. The van der Waals surface area contributed by atoms with Crippen molar-refractivity contribution in [3.63, 3.8) is 0 Å². The SMILES string of the molecule is Cc1ccc(C)c2sc(/C=C/c3ccsc3)nc12. The minimum Gasteiger partial charge on any atom is -0.236 e. The van der Waals surface area contributed by atoms with Crippen LogP contribution in [-0.4, -0.2) is 4.98 Å². The smallest absolute Gasteiger partial charge is 0.117 e. The molecule has 0 atom stereocenters. The van der Waals surface area contributed by atoms with Crippen molar-refractivity contribution in [1.29, 1.82) is 0 Å². The first-order chi connectivity index (χ1) is 8.74. The summed E-state index contributed by atoms with van der Waals surface area (Å²) < 4.78 is 1.31. The predicted octanol–water partition coefficient (Wildman–Crippen LogP) is 5.15. The average Bonchev–Trinajstić information content (AvgIpc) is 3.00. The van der Waals surface area contributed by atoms with Gasteiger partial charge in [0.1, 0.15) is 5.01 Å². The molecule has 0 unspecified atom stereocenters. The van der Waals surface area contributed by atoms with Gasteiger partial charge >= 0.3 is 0 Å². The van der Waals surface area contributed by atoms with Gasteiger partial charge in [-0.05, 0) is 53.4 Å². The van der Waals surface area contributed by atoms with Gasteiger partial charge < -0.3 is 0 Å². The lowest BCUT2D eigenvalue weighted by atomic mass is 10.1. The molecule has 0 aliphatic heterocycles. The third-order valence-electron chi connectivity index (χ3n) is 2.92. The summed E-state index contributed by atoms with van der Waals surface area (Å²) in [5.74, 6) is 0. The lowest BCUT2D eigenvalue weighted by molar-refractivity contribution is 1.39.